The van der Waals surface area contributed by atoms with Gasteiger partial charge in [-0.1, -0.05) is 23.8 Å². The maximum atomic E-state index is 12.6. The molecule has 1 saturated heterocycles. The maximum Gasteiger partial charge on any atom is 0.256 e. The molecule has 2 aromatic rings. The molecule has 2 amide bonds. The number of ether oxygens (including phenoxy) is 1. The highest BCUT2D eigenvalue weighted by Gasteiger charge is 2.39. The fourth-order valence-electron chi connectivity index (χ4n) is 2.62. The summed E-state index contributed by atoms with van der Waals surface area (Å²) in [5.74, 6) is 0.267. The molecule has 0 bridgehead atoms. The molecule has 0 radical (unpaired) electrons. The Morgan fingerprint density at radius 2 is 1.87 bits per heavy atom. The van der Waals surface area contributed by atoms with Crippen LogP contribution in [0.15, 0.2) is 48.5 Å². The number of carbonyl (C=O) groups is 2. The molecule has 0 aliphatic carbocycles. The fraction of sp³-hybridized carbons (Fsp3) is 0.222. The molecular formula is C18H18N2O3. The van der Waals surface area contributed by atoms with Crippen molar-refractivity contribution in [2.75, 3.05) is 17.3 Å². The second-order valence-corrected chi connectivity index (χ2v) is 5.54. The van der Waals surface area contributed by atoms with Crippen LogP contribution >= 0.6 is 0 Å². The van der Waals surface area contributed by atoms with Crippen molar-refractivity contribution in [3.05, 3.63) is 54.1 Å². The Bertz CT molecular complexity index is 740. The summed E-state index contributed by atoms with van der Waals surface area (Å²) in [6.45, 7) is 1.96. The van der Waals surface area contributed by atoms with Crippen LogP contribution in [0.25, 0.3) is 0 Å². The predicted molar refractivity (Wildman–Crippen MR) is 88.7 cm³/mol. The van der Waals surface area contributed by atoms with Gasteiger partial charge in [-0.3, -0.25) is 9.59 Å². The van der Waals surface area contributed by atoms with E-state index >= 15 is 0 Å². The van der Waals surface area contributed by atoms with E-state index in [1.807, 2.05) is 37.3 Å². The number of hydrogen-bond donors (Lipinski definition) is 1. The largest absolute Gasteiger partial charge is 0.497 e. The number of carbonyl (C=O) groups excluding carboxylic acids is 2. The SMILES string of the molecule is COc1cccc(NC2CC(=O)N(c3ccc(C)cc3)C2=O)c1. The van der Waals surface area contributed by atoms with Gasteiger partial charge in [0.1, 0.15) is 11.8 Å². The summed E-state index contributed by atoms with van der Waals surface area (Å²) in [5, 5.41) is 3.11. The van der Waals surface area contributed by atoms with Crippen molar-refractivity contribution < 1.29 is 14.3 Å². The zero-order chi connectivity index (χ0) is 16.4. The molecule has 5 heteroatoms. The van der Waals surface area contributed by atoms with E-state index in [4.69, 9.17) is 4.74 Å². The average molecular weight is 310 g/mol. The number of anilines is 2. The fourth-order valence-corrected chi connectivity index (χ4v) is 2.62. The first-order valence-electron chi connectivity index (χ1n) is 7.42. The molecule has 23 heavy (non-hydrogen) atoms. The summed E-state index contributed by atoms with van der Waals surface area (Å²) < 4.78 is 5.17. The van der Waals surface area contributed by atoms with Crippen molar-refractivity contribution in [2.24, 2.45) is 0 Å². The van der Waals surface area contributed by atoms with Gasteiger partial charge in [0, 0.05) is 11.8 Å². The van der Waals surface area contributed by atoms with E-state index in [1.54, 1.807) is 25.3 Å². The Hall–Kier alpha value is -2.82. The number of methoxy groups -OCH3 is 1. The van der Waals surface area contributed by atoms with Crippen LogP contribution in [-0.2, 0) is 9.59 Å². The van der Waals surface area contributed by atoms with Crippen LogP contribution in [0, 0.1) is 6.92 Å². The van der Waals surface area contributed by atoms with Gasteiger partial charge in [0.2, 0.25) is 5.91 Å². The lowest BCUT2D eigenvalue weighted by Gasteiger charge is -2.16. The minimum Gasteiger partial charge on any atom is -0.497 e. The summed E-state index contributed by atoms with van der Waals surface area (Å²) in [5.41, 5.74) is 2.45. The van der Waals surface area contributed by atoms with Crippen LogP contribution in [0.2, 0.25) is 0 Å². The molecule has 1 aliphatic heterocycles. The molecule has 1 fully saturated rings. The zero-order valence-corrected chi connectivity index (χ0v) is 13.1. The van der Waals surface area contributed by atoms with Crippen LogP contribution in [0.1, 0.15) is 12.0 Å². The van der Waals surface area contributed by atoms with E-state index < -0.39 is 6.04 Å². The van der Waals surface area contributed by atoms with Gasteiger partial charge in [0.15, 0.2) is 0 Å². The predicted octanol–water partition coefficient (Wildman–Crippen LogP) is 2.75. The van der Waals surface area contributed by atoms with Gasteiger partial charge in [-0.05, 0) is 31.2 Å². The number of nitrogens with one attached hydrogen (secondary N) is 1. The molecule has 0 saturated carbocycles. The van der Waals surface area contributed by atoms with Crippen molar-refractivity contribution in [3.63, 3.8) is 0 Å². The molecule has 118 valence electrons. The minimum absolute atomic E-state index is 0.143. The van der Waals surface area contributed by atoms with E-state index in [9.17, 15) is 9.59 Å². The van der Waals surface area contributed by atoms with E-state index in [0.29, 0.717) is 11.4 Å². The second kappa shape index (κ2) is 6.12. The third-order valence-electron chi connectivity index (χ3n) is 3.85. The number of imide groups is 1. The monoisotopic (exact) mass is 310 g/mol. The molecule has 1 atom stereocenters. The standard InChI is InChI=1S/C18H18N2O3/c1-12-6-8-14(9-7-12)20-17(21)11-16(18(20)22)19-13-4-3-5-15(10-13)23-2/h3-10,16,19H,11H2,1-2H3. The summed E-state index contributed by atoms with van der Waals surface area (Å²) in [7, 11) is 1.59. The van der Waals surface area contributed by atoms with E-state index in [-0.39, 0.29) is 18.2 Å². The van der Waals surface area contributed by atoms with Gasteiger partial charge in [0.05, 0.1) is 19.2 Å². The highest BCUT2D eigenvalue weighted by atomic mass is 16.5. The van der Waals surface area contributed by atoms with E-state index in [1.165, 1.54) is 4.90 Å². The molecule has 1 heterocycles. The first-order valence-corrected chi connectivity index (χ1v) is 7.42. The lowest BCUT2D eigenvalue weighted by Crippen LogP contribution is -2.34. The number of hydrogen-bond acceptors (Lipinski definition) is 4. The van der Waals surface area contributed by atoms with Crippen molar-refractivity contribution >= 4 is 23.2 Å². The molecule has 0 aromatic heterocycles. The number of rotatable bonds is 4. The molecule has 0 spiro atoms. The topological polar surface area (TPSA) is 58.6 Å². The van der Waals surface area contributed by atoms with Crippen molar-refractivity contribution in [1.29, 1.82) is 0 Å². The summed E-state index contributed by atoms with van der Waals surface area (Å²) in [6.07, 6.45) is 0.143. The van der Waals surface area contributed by atoms with E-state index in [0.717, 1.165) is 11.3 Å². The molecule has 1 aliphatic rings. The molecule has 5 nitrogen and oxygen atoms in total. The minimum atomic E-state index is -0.559. The molecule has 1 N–H and O–H groups in total. The quantitative estimate of drug-likeness (QED) is 0.882. The summed E-state index contributed by atoms with van der Waals surface area (Å²) >= 11 is 0. The van der Waals surface area contributed by atoms with Gasteiger partial charge in [-0.15, -0.1) is 0 Å². The molecule has 3 rings (SSSR count). The lowest BCUT2D eigenvalue weighted by atomic mass is 10.2. The van der Waals surface area contributed by atoms with Gasteiger partial charge in [-0.2, -0.15) is 0 Å². The second-order valence-electron chi connectivity index (χ2n) is 5.54. The number of benzene rings is 2. The van der Waals surface area contributed by atoms with Crippen LogP contribution in [0.4, 0.5) is 11.4 Å². The Balaban J connectivity index is 1.79. The number of aryl methyl sites for hydroxylation is 1. The third-order valence-corrected chi connectivity index (χ3v) is 3.85. The van der Waals surface area contributed by atoms with Gasteiger partial charge in [-0.25, -0.2) is 4.90 Å². The highest BCUT2D eigenvalue weighted by Crippen LogP contribution is 2.26. The Morgan fingerprint density at radius 3 is 2.57 bits per heavy atom. The Kier molecular flexibility index (Phi) is 4.02. The summed E-state index contributed by atoms with van der Waals surface area (Å²) in [6, 6.07) is 14.1. The smallest absolute Gasteiger partial charge is 0.256 e. The van der Waals surface area contributed by atoms with Crippen LogP contribution in [0.5, 0.6) is 5.75 Å². The summed E-state index contributed by atoms with van der Waals surface area (Å²) in [4.78, 5) is 26.1. The van der Waals surface area contributed by atoms with Crippen molar-refractivity contribution in [1.82, 2.24) is 0 Å². The van der Waals surface area contributed by atoms with Crippen molar-refractivity contribution in [2.45, 2.75) is 19.4 Å². The molecular weight excluding hydrogens is 292 g/mol. The van der Waals surface area contributed by atoms with Gasteiger partial charge in [0.25, 0.3) is 5.91 Å². The van der Waals surface area contributed by atoms with E-state index in [2.05, 4.69) is 5.32 Å². The molecule has 1 unspecified atom stereocenters. The van der Waals surface area contributed by atoms with Gasteiger partial charge >= 0.3 is 0 Å². The Labute approximate surface area is 134 Å². The Morgan fingerprint density at radius 1 is 1.13 bits per heavy atom. The lowest BCUT2D eigenvalue weighted by molar-refractivity contribution is -0.121. The first kappa shape index (κ1) is 15.1. The number of amides is 2. The van der Waals surface area contributed by atoms with Crippen LogP contribution in [0.3, 0.4) is 0 Å². The number of nitrogens with zero attached hydrogens (tertiary/aromatic N) is 1. The van der Waals surface area contributed by atoms with Crippen LogP contribution < -0.4 is 15.0 Å². The maximum absolute atomic E-state index is 12.6. The van der Waals surface area contributed by atoms with Crippen LogP contribution in [-0.4, -0.2) is 25.0 Å². The zero-order valence-electron chi connectivity index (χ0n) is 13.1. The highest BCUT2D eigenvalue weighted by molar-refractivity contribution is 6.23. The van der Waals surface area contributed by atoms with Crippen molar-refractivity contribution in [3.8, 4) is 5.75 Å². The average Bonchev–Trinajstić information content (AvgIpc) is 2.83. The normalized spacial score (nSPS) is 17.5. The molecule has 2 aromatic carbocycles. The van der Waals surface area contributed by atoms with Gasteiger partial charge < -0.3 is 10.1 Å². The first-order chi connectivity index (χ1) is 11.1. The third kappa shape index (κ3) is 3.04.